The second-order valence-corrected chi connectivity index (χ2v) is 5.24. The molecule has 1 aromatic carbocycles. The summed E-state index contributed by atoms with van der Waals surface area (Å²) < 4.78 is 9.82. The lowest BCUT2D eigenvalue weighted by Crippen LogP contribution is -2.05. The van der Waals surface area contributed by atoms with Crippen molar-refractivity contribution in [2.45, 2.75) is 6.42 Å². The highest BCUT2D eigenvalue weighted by atomic mass is 16.6. The van der Waals surface area contributed by atoms with E-state index in [2.05, 4.69) is 4.98 Å². The van der Waals surface area contributed by atoms with Crippen molar-refractivity contribution in [2.75, 3.05) is 7.11 Å². The molecule has 0 aliphatic heterocycles. The van der Waals surface area contributed by atoms with Crippen LogP contribution in [0.15, 0.2) is 46.9 Å². The molecule has 3 rings (SSSR count). The molecule has 0 spiro atoms. The SMILES string of the molecule is COC(=O)Cc1cc(/C=C/c2ccc([N+](=O)[O-])o2)nc2ccccc12. The first-order valence-corrected chi connectivity index (χ1v) is 7.44. The topological polar surface area (TPSA) is 95.5 Å². The number of pyridine rings is 1. The van der Waals surface area contributed by atoms with E-state index in [0.29, 0.717) is 11.5 Å². The fourth-order valence-corrected chi connectivity index (χ4v) is 2.43. The molecular formula is C18H14N2O5. The molecule has 0 unspecified atom stereocenters. The maximum atomic E-state index is 11.6. The summed E-state index contributed by atoms with van der Waals surface area (Å²) in [4.78, 5) is 26.2. The number of esters is 1. The van der Waals surface area contributed by atoms with Crippen molar-refractivity contribution in [3.8, 4) is 0 Å². The minimum atomic E-state index is -0.597. The van der Waals surface area contributed by atoms with Gasteiger partial charge in [0.15, 0.2) is 0 Å². The minimum absolute atomic E-state index is 0.132. The lowest BCUT2D eigenvalue weighted by Gasteiger charge is -2.07. The lowest BCUT2D eigenvalue weighted by molar-refractivity contribution is -0.402. The molecule has 7 nitrogen and oxygen atoms in total. The van der Waals surface area contributed by atoms with E-state index in [-0.39, 0.29) is 18.3 Å². The molecule has 0 saturated carbocycles. The quantitative estimate of drug-likeness (QED) is 0.400. The van der Waals surface area contributed by atoms with E-state index >= 15 is 0 Å². The Balaban J connectivity index is 1.96. The Morgan fingerprint density at radius 2 is 2.08 bits per heavy atom. The molecule has 0 atom stereocenters. The van der Waals surface area contributed by atoms with Crippen LogP contribution in [0.1, 0.15) is 17.0 Å². The van der Waals surface area contributed by atoms with E-state index in [1.54, 1.807) is 18.2 Å². The molecule has 0 aliphatic carbocycles. The fourth-order valence-electron chi connectivity index (χ4n) is 2.43. The summed E-state index contributed by atoms with van der Waals surface area (Å²) in [6.45, 7) is 0. The van der Waals surface area contributed by atoms with E-state index in [0.717, 1.165) is 16.5 Å². The Kier molecular flexibility index (Phi) is 4.56. The first-order chi connectivity index (χ1) is 12.1. The monoisotopic (exact) mass is 338 g/mol. The maximum absolute atomic E-state index is 11.6. The van der Waals surface area contributed by atoms with Gasteiger partial charge < -0.3 is 9.15 Å². The van der Waals surface area contributed by atoms with Gasteiger partial charge in [0, 0.05) is 5.39 Å². The van der Waals surface area contributed by atoms with Crippen molar-refractivity contribution in [3.63, 3.8) is 0 Å². The van der Waals surface area contributed by atoms with E-state index in [1.165, 1.54) is 19.2 Å². The van der Waals surface area contributed by atoms with Crippen LogP contribution in [0.3, 0.4) is 0 Å². The number of fused-ring (bicyclic) bond motifs is 1. The molecule has 0 aliphatic rings. The van der Waals surface area contributed by atoms with Gasteiger partial charge in [-0.2, -0.15) is 0 Å². The van der Waals surface area contributed by atoms with Crippen molar-refractivity contribution < 1.29 is 18.9 Å². The van der Waals surface area contributed by atoms with Gasteiger partial charge in [-0.05, 0) is 35.9 Å². The van der Waals surface area contributed by atoms with Crippen LogP contribution in [0.2, 0.25) is 0 Å². The van der Waals surface area contributed by atoms with Crippen molar-refractivity contribution in [1.29, 1.82) is 0 Å². The highest BCUT2D eigenvalue weighted by molar-refractivity contribution is 5.88. The molecule has 0 saturated heterocycles. The zero-order chi connectivity index (χ0) is 17.8. The first-order valence-electron chi connectivity index (χ1n) is 7.44. The molecule has 0 fully saturated rings. The molecule has 3 aromatic rings. The number of hydrogen-bond acceptors (Lipinski definition) is 6. The van der Waals surface area contributed by atoms with Crippen LogP contribution in [0.4, 0.5) is 5.88 Å². The summed E-state index contributed by atoms with van der Waals surface area (Å²) in [5.41, 5.74) is 2.15. The zero-order valence-corrected chi connectivity index (χ0v) is 13.3. The van der Waals surface area contributed by atoms with E-state index in [4.69, 9.17) is 9.15 Å². The van der Waals surface area contributed by atoms with Crippen molar-refractivity contribution in [1.82, 2.24) is 4.98 Å². The number of carbonyl (C=O) groups is 1. The Morgan fingerprint density at radius 1 is 1.28 bits per heavy atom. The number of ether oxygens (including phenoxy) is 1. The number of para-hydroxylation sites is 1. The Morgan fingerprint density at radius 3 is 2.80 bits per heavy atom. The van der Waals surface area contributed by atoms with E-state index < -0.39 is 4.92 Å². The van der Waals surface area contributed by atoms with E-state index in [9.17, 15) is 14.9 Å². The van der Waals surface area contributed by atoms with Crippen molar-refractivity contribution in [3.05, 3.63) is 69.6 Å². The second kappa shape index (κ2) is 6.96. The van der Waals surface area contributed by atoms with Crippen LogP contribution in [0, 0.1) is 10.1 Å². The van der Waals surface area contributed by atoms with Gasteiger partial charge in [-0.3, -0.25) is 14.9 Å². The lowest BCUT2D eigenvalue weighted by atomic mass is 10.0. The molecule has 7 heteroatoms. The standard InChI is InChI=1S/C18H14N2O5/c1-24-18(21)11-12-10-13(19-16-5-3-2-4-15(12)16)6-7-14-8-9-17(25-14)20(22)23/h2-10H,11H2,1H3/b7-6+. The molecule has 0 amide bonds. The van der Waals surface area contributed by atoms with Gasteiger partial charge in [0.25, 0.3) is 0 Å². The van der Waals surface area contributed by atoms with Crippen molar-refractivity contribution >= 4 is 34.9 Å². The molecular weight excluding hydrogens is 324 g/mol. The van der Waals surface area contributed by atoms with Gasteiger partial charge in [0.05, 0.1) is 30.8 Å². The predicted octanol–water partition coefficient (Wildman–Crippen LogP) is 3.62. The highest BCUT2D eigenvalue weighted by Gasteiger charge is 2.11. The number of methoxy groups -OCH3 is 1. The van der Waals surface area contributed by atoms with E-state index in [1.807, 2.05) is 24.3 Å². The second-order valence-electron chi connectivity index (χ2n) is 5.24. The number of furan rings is 1. The summed E-state index contributed by atoms with van der Waals surface area (Å²) in [6.07, 6.45) is 3.40. The van der Waals surface area contributed by atoms with Crippen LogP contribution >= 0.6 is 0 Å². The number of rotatable bonds is 5. The summed E-state index contributed by atoms with van der Waals surface area (Å²) in [7, 11) is 1.34. The molecule has 0 N–H and O–H groups in total. The first kappa shape index (κ1) is 16.4. The third-order valence-corrected chi connectivity index (χ3v) is 3.60. The largest absolute Gasteiger partial charge is 0.469 e. The average molecular weight is 338 g/mol. The summed E-state index contributed by atoms with van der Waals surface area (Å²) in [6, 6.07) is 12.1. The number of hydrogen-bond donors (Lipinski definition) is 0. The summed E-state index contributed by atoms with van der Waals surface area (Å²) in [5, 5.41) is 11.5. The number of nitrogens with zero attached hydrogens (tertiary/aromatic N) is 2. The van der Waals surface area contributed by atoms with Crippen molar-refractivity contribution in [2.24, 2.45) is 0 Å². The third kappa shape index (κ3) is 3.72. The summed E-state index contributed by atoms with van der Waals surface area (Å²) >= 11 is 0. The van der Waals surface area contributed by atoms with Gasteiger partial charge in [0.2, 0.25) is 0 Å². The Labute approximate surface area is 142 Å². The number of aromatic nitrogens is 1. The predicted molar refractivity (Wildman–Crippen MR) is 91.8 cm³/mol. The zero-order valence-electron chi connectivity index (χ0n) is 13.3. The van der Waals surface area contributed by atoms with Gasteiger partial charge >= 0.3 is 11.9 Å². The van der Waals surface area contributed by atoms with Gasteiger partial charge in [0.1, 0.15) is 10.7 Å². The smallest absolute Gasteiger partial charge is 0.433 e. The molecule has 0 radical (unpaired) electrons. The maximum Gasteiger partial charge on any atom is 0.433 e. The van der Waals surface area contributed by atoms with Crippen LogP contribution in [0.25, 0.3) is 23.1 Å². The molecule has 126 valence electrons. The number of nitro groups is 1. The van der Waals surface area contributed by atoms with Crippen LogP contribution in [0.5, 0.6) is 0 Å². The number of carbonyl (C=O) groups excluding carboxylic acids is 1. The normalized spacial score (nSPS) is 11.1. The average Bonchev–Trinajstić information content (AvgIpc) is 3.09. The molecule has 25 heavy (non-hydrogen) atoms. The molecule has 0 bridgehead atoms. The van der Waals surface area contributed by atoms with Gasteiger partial charge in [-0.25, -0.2) is 4.98 Å². The Hall–Kier alpha value is -3.48. The third-order valence-electron chi connectivity index (χ3n) is 3.60. The number of benzene rings is 1. The van der Waals surface area contributed by atoms with Crippen LogP contribution < -0.4 is 0 Å². The molecule has 2 aromatic heterocycles. The van der Waals surface area contributed by atoms with Gasteiger partial charge in [-0.15, -0.1) is 0 Å². The van der Waals surface area contributed by atoms with Crippen LogP contribution in [-0.2, 0) is 16.0 Å². The minimum Gasteiger partial charge on any atom is -0.469 e. The summed E-state index contributed by atoms with van der Waals surface area (Å²) in [5.74, 6) is -0.318. The fraction of sp³-hybridized carbons (Fsp3) is 0.111. The highest BCUT2D eigenvalue weighted by Crippen LogP contribution is 2.22. The molecule has 2 heterocycles. The van der Waals surface area contributed by atoms with Gasteiger partial charge in [-0.1, -0.05) is 18.2 Å². The van der Waals surface area contributed by atoms with Crippen LogP contribution in [-0.4, -0.2) is 23.0 Å². The Bertz CT molecular complexity index is 975.